The number of hydrogen-bond donors (Lipinski definition) is 3. The molecule has 0 radical (unpaired) electrons. The maximum absolute atomic E-state index is 11.3. The van der Waals surface area contributed by atoms with E-state index in [-0.39, 0.29) is 11.2 Å². The van der Waals surface area contributed by atoms with Crippen molar-refractivity contribution < 1.29 is 4.21 Å². The monoisotopic (exact) mass is 271 g/mol. The summed E-state index contributed by atoms with van der Waals surface area (Å²) < 4.78 is 11.3. The average Bonchev–Trinajstić information content (AvgIpc) is 2.35. The molecule has 0 aliphatic rings. The van der Waals surface area contributed by atoms with Gasteiger partial charge in [0.1, 0.15) is 17.5 Å². The van der Waals surface area contributed by atoms with E-state index in [9.17, 15) is 4.21 Å². The Hall–Kier alpha value is -1.21. The van der Waals surface area contributed by atoms with Crippen LogP contribution in [0.1, 0.15) is 32.5 Å². The molecule has 0 bridgehead atoms. The van der Waals surface area contributed by atoms with Crippen LogP contribution >= 0.6 is 0 Å². The van der Waals surface area contributed by atoms with Crippen molar-refractivity contribution in [1.82, 2.24) is 9.97 Å². The third-order valence-electron chi connectivity index (χ3n) is 2.54. The van der Waals surface area contributed by atoms with E-state index >= 15 is 0 Å². The third kappa shape index (κ3) is 4.23. The van der Waals surface area contributed by atoms with E-state index in [1.165, 1.54) is 0 Å². The summed E-state index contributed by atoms with van der Waals surface area (Å²) in [6.45, 7) is 6.56. The van der Waals surface area contributed by atoms with Crippen LogP contribution in [0.5, 0.6) is 0 Å². The average molecular weight is 271 g/mol. The number of nitrogens with two attached hydrogens (primary N) is 1. The van der Waals surface area contributed by atoms with Crippen LogP contribution in [-0.2, 0) is 10.8 Å². The second-order valence-electron chi connectivity index (χ2n) is 4.49. The molecule has 102 valence electrons. The van der Waals surface area contributed by atoms with Crippen molar-refractivity contribution in [2.45, 2.75) is 31.9 Å². The largest absolute Gasteiger partial charge is 0.369 e. The van der Waals surface area contributed by atoms with Gasteiger partial charge in [-0.2, -0.15) is 0 Å². The van der Waals surface area contributed by atoms with Crippen LogP contribution in [0.25, 0.3) is 0 Å². The smallest absolute Gasteiger partial charge is 0.145 e. The summed E-state index contributed by atoms with van der Waals surface area (Å²) >= 11 is 0. The van der Waals surface area contributed by atoms with Gasteiger partial charge < -0.3 is 10.7 Å². The Balaban J connectivity index is 2.81. The Morgan fingerprint density at radius 1 is 1.33 bits per heavy atom. The number of anilines is 2. The number of aromatic nitrogens is 2. The van der Waals surface area contributed by atoms with Crippen LogP contribution in [0.3, 0.4) is 0 Å². The summed E-state index contributed by atoms with van der Waals surface area (Å²) in [5, 5.41) is 3.22. The molecule has 1 rings (SSSR count). The molecule has 0 spiro atoms. The summed E-state index contributed by atoms with van der Waals surface area (Å²) in [5.74, 6) is 7.58. The van der Waals surface area contributed by atoms with Crippen LogP contribution in [0, 0.1) is 0 Å². The highest BCUT2D eigenvalue weighted by Gasteiger charge is 2.10. The van der Waals surface area contributed by atoms with E-state index < -0.39 is 10.8 Å². The fourth-order valence-corrected chi connectivity index (χ4v) is 1.57. The molecule has 2 unspecified atom stereocenters. The molecule has 18 heavy (non-hydrogen) atoms. The lowest BCUT2D eigenvalue weighted by Gasteiger charge is -2.13. The molecule has 0 aliphatic carbocycles. The zero-order chi connectivity index (χ0) is 13.7. The van der Waals surface area contributed by atoms with Crippen molar-refractivity contribution in [2.24, 2.45) is 5.84 Å². The highest BCUT2D eigenvalue weighted by molar-refractivity contribution is 7.84. The van der Waals surface area contributed by atoms with Crippen molar-refractivity contribution in [2.75, 3.05) is 23.5 Å². The second kappa shape index (κ2) is 6.65. The molecule has 4 N–H and O–H groups in total. The zero-order valence-electron chi connectivity index (χ0n) is 11.2. The summed E-state index contributed by atoms with van der Waals surface area (Å²) in [5.41, 5.74) is 2.52. The Bertz CT molecular complexity index is 424. The summed E-state index contributed by atoms with van der Waals surface area (Å²) in [7, 11) is -0.851. The van der Waals surface area contributed by atoms with Gasteiger partial charge in [0.05, 0.1) is 0 Å². The van der Waals surface area contributed by atoms with Gasteiger partial charge in [-0.15, -0.1) is 0 Å². The molecule has 1 heterocycles. The van der Waals surface area contributed by atoms with Crippen LogP contribution < -0.4 is 16.6 Å². The predicted molar refractivity (Wildman–Crippen MR) is 75.9 cm³/mol. The molecule has 7 heteroatoms. The van der Waals surface area contributed by atoms with E-state index in [1.807, 2.05) is 20.8 Å². The Kier molecular flexibility index (Phi) is 5.49. The first-order valence-corrected chi connectivity index (χ1v) is 7.47. The van der Waals surface area contributed by atoms with Gasteiger partial charge in [-0.25, -0.2) is 15.8 Å². The number of hydrogen-bond acceptors (Lipinski definition) is 6. The second-order valence-corrected chi connectivity index (χ2v) is 6.29. The first-order chi connectivity index (χ1) is 8.43. The van der Waals surface area contributed by atoms with Crippen LogP contribution in [0.4, 0.5) is 11.6 Å². The van der Waals surface area contributed by atoms with E-state index in [0.717, 1.165) is 5.82 Å². The number of hydrazine groups is 1. The standard InChI is InChI=1S/C11H21N5OS/c1-7(2)11-14-9(5-10(15-11)16-12)13-6-8(3)18(4)17/h5,7-8H,6,12H2,1-4H3,(H2,13,14,15,16). The van der Waals surface area contributed by atoms with Crippen molar-refractivity contribution in [3.8, 4) is 0 Å². The van der Waals surface area contributed by atoms with Gasteiger partial charge in [-0.1, -0.05) is 13.8 Å². The highest BCUT2D eigenvalue weighted by Crippen LogP contribution is 2.16. The molecule has 1 aromatic rings. The molecule has 0 aromatic carbocycles. The SMILES string of the molecule is CC(C)c1nc(NN)cc(NCC(C)S(C)=O)n1. The summed E-state index contributed by atoms with van der Waals surface area (Å²) in [6.07, 6.45) is 1.69. The molecular weight excluding hydrogens is 250 g/mol. The van der Waals surface area contributed by atoms with Crippen molar-refractivity contribution in [1.29, 1.82) is 0 Å². The Morgan fingerprint density at radius 3 is 2.44 bits per heavy atom. The van der Waals surface area contributed by atoms with Crippen molar-refractivity contribution >= 4 is 22.4 Å². The molecular formula is C11H21N5OS. The van der Waals surface area contributed by atoms with Gasteiger partial charge in [-0.3, -0.25) is 4.21 Å². The quantitative estimate of drug-likeness (QED) is 0.529. The lowest BCUT2D eigenvalue weighted by Crippen LogP contribution is -2.22. The maximum atomic E-state index is 11.3. The summed E-state index contributed by atoms with van der Waals surface area (Å²) in [4.78, 5) is 8.66. The Labute approximate surface area is 110 Å². The van der Waals surface area contributed by atoms with Gasteiger partial charge in [0, 0.05) is 40.8 Å². The van der Waals surface area contributed by atoms with E-state index in [1.54, 1.807) is 12.3 Å². The first kappa shape index (κ1) is 14.8. The lowest BCUT2D eigenvalue weighted by atomic mass is 10.2. The van der Waals surface area contributed by atoms with E-state index in [4.69, 9.17) is 5.84 Å². The van der Waals surface area contributed by atoms with Crippen LogP contribution in [0.2, 0.25) is 0 Å². The van der Waals surface area contributed by atoms with Gasteiger partial charge in [0.15, 0.2) is 0 Å². The fourth-order valence-electron chi connectivity index (χ4n) is 1.25. The molecule has 1 aromatic heterocycles. The number of nitrogens with one attached hydrogen (secondary N) is 2. The highest BCUT2D eigenvalue weighted by atomic mass is 32.2. The normalized spacial score (nSPS) is 14.3. The van der Waals surface area contributed by atoms with Crippen molar-refractivity contribution in [3.63, 3.8) is 0 Å². The molecule has 0 saturated carbocycles. The predicted octanol–water partition coefficient (Wildman–Crippen LogP) is 1.06. The number of nitrogen functional groups attached to an aromatic ring is 1. The van der Waals surface area contributed by atoms with E-state index in [0.29, 0.717) is 18.2 Å². The third-order valence-corrected chi connectivity index (χ3v) is 3.84. The van der Waals surface area contributed by atoms with Gasteiger partial charge in [0.25, 0.3) is 0 Å². The van der Waals surface area contributed by atoms with E-state index in [2.05, 4.69) is 20.7 Å². The summed E-state index contributed by atoms with van der Waals surface area (Å²) in [6, 6.07) is 1.73. The molecule has 0 amide bonds. The topological polar surface area (TPSA) is 92.9 Å². The minimum atomic E-state index is -0.851. The lowest BCUT2D eigenvalue weighted by molar-refractivity contribution is 0.678. The number of nitrogens with zero attached hydrogens (tertiary/aromatic N) is 2. The minimum absolute atomic E-state index is 0.0664. The number of rotatable bonds is 6. The fraction of sp³-hybridized carbons (Fsp3) is 0.636. The zero-order valence-corrected chi connectivity index (χ0v) is 12.0. The molecule has 6 nitrogen and oxygen atoms in total. The van der Waals surface area contributed by atoms with Crippen molar-refractivity contribution in [3.05, 3.63) is 11.9 Å². The maximum Gasteiger partial charge on any atom is 0.145 e. The van der Waals surface area contributed by atoms with Crippen LogP contribution in [-0.4, -0.2) is 32.2 Å². The molecule has 0 saturated heterocycles. The molecule has 0 aliphatic heterocycles. The first-order valence-electron chi connectivity index (χ1n) is 5.85. The van der Waals surface area contributed by atoms with Gasteiger partial charge >= 0.3 is 0 Å². The van der Waals surface area contributed by atoms with Gasteiger partial charge in [-0.05, 0) is 6.92 Å². The molecule has 0 fully saturated rings. The minimum Gasteiger partial charge on any atom is -0.369 e. The van der Waals surface area contributed by atoms with Crippen LogP contribution in [0.15, 0.2) is 6.07 Å². The Morgan fingerprint density at radius 2 is 1.94 bits per heavy atom. The molecule has 2 atom stereocenters. The van der Waals surface area contributed by atoms with Gasteiger partial charge in [0.2, 0.25) is 0 Å².